The van der Waals surface area contributed by atoms with Gasteiger partial charge in [0.25, 0.3) is 0 Å². The predicted octanol–water partition coefficient (Wildman–Crippen LogP) is 14.7. The fourth-order valence-electron chi connectivity index (χ4n) is 8.41. The Morgan fingerprint density at radius 3 is 1.32 bits per heavy atom. The van der Waals surface area contributed by atoms with Crippen molar-refractivity contribution in [3.05, 3.63) is 122 Å². The molecule has 9 heteroatoms. The van der Waals surface area contributed by atoms with Crippen molar-refractivity contribution in [2.45, 2.75) is 262 Å². The second-order valence-electron chi connectivity index (χ2n) is 19.7. The monoisotopic (exact) mass is 1020 g/mol. The molecule has 1 aliphatic heterocycles. The van der Waals surface area contributed by atoms with Gasteiger partial charge in [-0.25, -0.2) is 0 Å². The highest BCUT2D eigenvalue weighted by Gasteiger charge is 2.44. The first kappa shape index (κ1) is 67.6. The topological polar surface area (TPSA) is 149 Å². The summed E-state index contributed by atoms with van der Waals surface area (Å²) in [4.78, 5) is 13.0. The van der Waals surface area contributed by atoms with E-state index in [0.29, 0.717) is 12.8 Å². The molecule has 7 atom stereocenters. The van der Waals surface area contributed by atoms with Gasteiger partial charge in [0.15, 0.2) is 6.29 Å². The van der Waals surface area contributed by atoms with Gasteiger partial charge in [0, 0.05) is 6.42 Å². The van der Waals surface area contributed by atoms with Gasteiger partial charge in [-0.3, -0.25) is 4.79 Å². The molecule has 1 amide bonds. The standard InChI is InChI=1S/C64H107NO8/c1-3-5-7-9-11-13-15-17-19-21-23-25-27-28-29-30-32-33-35-37-39-41-43-45-47-49-51-53-58(67)57(56-72-64-63(71)62(70)61(69)59(55-66)73-64)65-60(68)54-52-50-48-46-44-42-40-38-36-34-31-26-24-22-20-18-16-14-12-10-8-6-4-2/h6,8,12,14,18,20,24,26,34-37,40,42-43,45-46,48,51,53,57-59,61-64,66-67,69-71H,3-5,7,9-11,13,15-17,19,21-23,25,27-33,38-39,41,44,47,49-50,52,54-56H2,1-2H3,(H,65,68)/b8-6-,14-12-,20-18-,26-24-,36-34-,37-35+,42-40-,45-43+,48-46-,53-51+. The number of rotatable bonds is 48. The van der Waals surface area contributed by atoms with E-state index >= 15 is 0 Å². The number of allylic oxidation sites excluding steroid dienone is 19. The first-order valence-corrected chi connectivity index (χ1v) is 29.3. The predicted molar refractivity (Wildman–Crippen MR) is 308 cm³/mol. The summed E-state index contributed by atoms with van der Waals surface area (Å²) in [6.45, 7) is 3.61. The maximum absolute atomic E-state index is 13.0. The average molecular weight is 1020 g/mol. The number of ether oxygens (including phenoxy) is 2. The molecule has 0 radical (unpaired) electrons. The minimum atomic E-state index is -1.59. The van der Waals surface area contributed by atoms with Gasteiger partial charge in [-0.1, -0.05) is 238 Å². The molecule has 1 heterocycles. The number of carbonyl (C=O) groups excluding carboxylic acids is 1. The highest BCUT2D eigenvalue weighted by molar-refractivity contribution is 5.76. The second-order valence-corrected chi connectivity index (χ2v) is 19.7. The number of hydrogen-bond donors (Lipinski definition) is 6. The molecule has 73 heavy (non-hydrogen) atoms. The third-order valence-electron chi connectivity index (χ3n) is 13.0. The fourth-order valence-corrected chi connectivity index (χ4v) is 8.41. The van der Waals surface area contributed by atoms with Gasteiger partial charge >= 0.3 is 0 Å². The number of aliphatic hydroxyl groups is 5. The molecule has 1 saturated heterocycles. The van der Waals surface area contributed by atoms with Gasteiger partial charge in [-0.15, -0.1) is 0 Å². The first-order valence-electron chi connectivity index (χ1n) is 29.3. The van der Waals surface area contributed by atoms with Crippen LogP contribution < -0.4 is 5.32 Å². The Morgan fingerprint density at radius 1 is 0.479 bits per heavy atom. The molecule has 0 aromatic heterocycles. The van der Waals surface area contributed by atoms with Crippen LogP contribution in [0.15, 0.2) is 122 Å². The first-order chi connectivity index (χ1) is 35.8. The van der Waals surface area contributed by atoms with Gasteiger partial charge in [0.05, 0.1) is 25.4 Å². The molecule has 0 aliphatic carbocycles. The highest BCUT2D eigenvalue weighted by atomic mass is 16.7. The molecular formula is C64H107NO8. The lowest BCUT2D eigenvalue weighted by Gasteiger charge is -2.40. The Labute approximate surface area is 446 Å². The second kappa shape index (κ2) is 52.0. The van der Waals surface area contributed by atoms with Crippen molar-refractivity contribution in [3.63, 3.8) is 0 Å². The van der Waals surface area contributed by atoms with Gasteiger partial charge in [-0.2, -0.15) is 0 Å². The zero-order valence-electron chi connectivity index (χ0n) is 46.1. The molecule has 1 rings (SSSR count). The van der Waals surface area contributed by atoms with E-state index in [9.17, 15) is 30.3 Å². The van der Waals surface area contributed by atoms with Gasteiger partial charge in [0.1, 0.15) is 24.4 Å². The normalized spacial score (nSPS) is 20.0. The Kier molecular flexibility index (Phi) is 48.2. The van der Waals surface area contributed by atoms with E-state index in [1.54, 1.807) is 6.08 Å². The molecule has 1 fully saturated rings. The van der Waals surface area contributed by atoms with Crippen LogP contribution in [0.3, 0.4) is 0 Å². The van der Waals surface area contributed by atoms with E-state index in [0.717, 1.165) is 77.0 Å². The summed E-state index contributed by atoms with van der Waals surface area (Å²) >= 11 is 0. The van der Waals surface area contributed by atoms with Crippen molar-refractivity contribution >= 4 is 5.91 Å². The number of carbonyl (C=O) groups is 1. The summed E-state index contributed by atoms with van der Waals surface area (Å²) in [6, 6.07) is -0.869. The molecule has 0 bridgehead atoms. The Balaban J connectivity index is 2.33. The van der Waals surface area contributed by atoms with Crippen LogP contribution in [0.2, 0.25) is 0 Å². The lowest BCUT2D eigenvalue weighted by Crippen LogP contribution is -2.60. The number of hydrogen-bond acceptors (Lipinski definition) is 8. The molecule has 416 valence electrons. The minimum Gasteiger partial charge on any atom is -0.394 e. The summed E-state index contributed by atoms with van der Waals surface area (Å²) in [6.07, 6.45) is 71.3. The van der Waals surface area contributed by atoms with Crippen LogP contribution in [0.1, 0.15) is 219 Å². The summed E-state index contributed by atoms with van der Waals surface area (Å²) < 4.78 is 11.2. The average Bonchev–Trinajstić information content (AvgIpc) is 3.39. The Hall–Kier alpha value is -3.41. The maximum atomic E-state index is 13.0. The van der Waals surface area contributed by atoms with E-state index in [4.69, 9.17) is 9.47 Å². The molecule has 1 aliphatic rings. The van der Waals surface area contributed by atoms with Gasteiger partial charge < -0.3 is 40.3 Å². The smallest absolute Gasteiger partial charge is 0.220 e. The SMILES string of the molecule is CC/C=C\C/C=C\C/C=C\C/C=C\C/C=C\C/C=C\C/C=C\CCCC(=O)NC(COC1OC(CO)C(O)C(O)C1O)C(O)/C=C/CC/C=C/CC/C=C/CCCCCCCCCCCCCCCCCCC. The van der Waals surface area contributed by atoms with E-state index in [1.165, 1.54) is 109 Å². The van der Waals surface area contributed by atoms with E-state index in [-0.39, 0.29) is 18.9 Å². The number of aliphatic hydroxyl groups excluding tert-OH is 5. The van der Waals surface area contributed by atoms with Gasteiger partial charge in [-0.05, 0) is 96.3 Å². The zero-order chi connectivity index (χ0) is 52.9. The number of nitrogens with one attached hydrogen (secondary N) is 1. The van der Waals surface area contributed by atoms with Crippen LogP contribution >= 0.6 is 0 Å². The van der Waals surface area contributed by atoms with Crippen molar-refractivity contribution in [3.8, 4) is 0 Å². The van der Waals surface area contributed by atoms with Crippen LogP contribution in [0.25, 0.3) is 0 Å². The van der Waals surface area contributed by atoms with Crippen LogP contribution in [-0.4, -0.2) is 87.5 Å². The largest absolute Gasteiger partial charge is 0.394 e. The van der Waals surface area contributed by atoms with Crippen LogP contribution in [0.4, 0.5) is 0 Å². The molecule has 9 nitrogen and oxygen atoms in total. The summed E-state index contributed by atoms with van der Waals surface area (Å²) in [5.74, 6) is -0.252. The van der Waals surface area contributed by atoms with Crippen LogP contribution in [0.5, 0.6) is 0 Å². The third-order valence-corrected chi connectivity index (χ3v) is 13.0. The lowest BCUT2D eigenvalue weighted by molar-refractivity contribution is -0.302. The quantitative estimate of drug-likeness (QED) is 0.0261. The minimum absolute atomic E-state index is 0.237. The molecule has 6 N–H and O–H groups in total. The van der Waals surface area contributed by atoms with Crippen molar-refractivity contribution in [2.24, 2.45) is 0 Å². The van der Waals surface area contributed by atoms with Crippen molar-refractivity contribution in [1.29, 1.82) is 0 Å². The maximum Gasteiger partial charge on any atom is 0.220 e. The van der Waals surface area contributed by atoms with E-state index < -0.39 is 49.5 Å². The Bertz CT molecular complexity index is 1560. The van der Waals surface area contributed by atoms with Crippen molar-refractivity contribution in [1.82, 2.24) is 5.32 Å². The number of unbranched alkanes of at least 4 members (excludes halogenated alkanes) is 20. The molecule has 0 aromatic carbocycles. The molecule has 0 saturated carbocycles. The molecule has 7 unspecified atom stereocenters. The summed E-state index contributed by atoms with van der Waals surface area (Å²) in [7, 11) is 0. The molecule has 0 spiro atoms. The molecule has 0 aromatic rings. The summed E-state index contributed by atoms with van der Waals surface area (Å²) in [5, 5.41) is 54.4. The van der Waals surface area contributed by atoms with Crippen molar-refractivity contribution < 1.29 is 39.8 Å². The van der Waals surface area contributed by atoms with E-state index in [1.807, 2.05) is 6.08 Å². The number of amides is 1. The van der Waals surface area contributed by atoms with Crippen LogP contribution in [-0.2, 0) is 14.3 Å². The van der Waals surface area contributed by atoms with Gasteiger partial charge in [0.2, 0.25) is 5.91 Å². The molecular weight excluding hydrogens is 911 g/mol. The third kappa shape index (κ3) is 41.5. The van der Waals surface area contributed by atoms with Crippen LogP contribution in [0, 0.1) is 0 Å². The highest BCUT2D eigenvalue weighted by Crippen LogP contribution is 2.23. The Morgan fingerprint density at radius 2 is 0.863 bits per heavy atom. The van der Waals surface area contributed by atoms with Crippen molar-refractivity contribution in [2.75, 3.05) is 13.2 Å². The summed E-state index contributed by atoms with van der Waals surface area (Å²) in [5.41, 5.74) is 0. The fraction of sp³-hybridized carbons (Fsp3) is 0.672. The van der Waals surface area contributed by atoms with E-state index in [2.05, 4.69) is 129 Å². The lowest BCUT2D eigenvalue weighted by atomic mass is 9.99. The zero-order valence-corrected chi connectivity index (χ0v) is 46.1.